The van der Waals surface area contributed by atoms with E-state index in [9.17, 15) is 9.18 Å². The Morgan fingerprint density at radius 3 is 2.79 bits per heavy atom. The molecule has 2 heterocycles. The lowest BCUT2D eigenvalue weighted by atomic mass is 10.1. The van der Waals surface area contributed by atoms with Gasteiger partial charge in [-0.3, -0.25) is 5.32 Å². The monoisotopic (exact) mass is 262 g/mol. The summed E-state index contributed by atoms with van der Waals surface area (Å²) in [5, 5.41) is 2.42. The van der Waals surface area contributed by atoms with Gasteiger partial charge in [0.15, 0.2) is 0 Å². The zero-order valence-electron chi connectivity index (χ0n) is 10.3. The van der Waals surface area contributed by atoms with Gasteiger partial charge in [0.2, 0.25) is 5.95 Å². The van der Waals surface area contributed by atoms with Gasteiger partial charge in [-0.15, -0.1) is 0 Å². The zero-order valence-corrected chi connectivity index (χ0v) is 10.3. The summed E-state index contributed by atoms with van der Waals surface area (Å²) in [6.07, 6.45) is 2.03. The van der Waals surface area contributed by atoms with Crippen molar-refractivity contribution in [1.82, 2.24) is 15.0 Å². The van der Waals surface area contributed by atoms with E-state index in [1.807, 2.05) is 0 Å². The normalized spacial score (nSPS) is 10.1. The molecule has 0 aromatic carbocycles. The third kappa shape index (κ3) is 3.01. The molecule has 2 rings (SSSR count). The van der Waals surface area contributed by atoms with E-state index in [0.29, 0.717) is 22.6 Å². The SMILES string of the molecule is COC(=O)Nc1cc(-c2cnc(F)c(C)c2)ncn1. The Labute approximate surface area is 108 Å². The van der Waals surface area contributed by atoms with Crippen molar-refractivity contribution in [3.8, 4) is 11.3 Å². The molecule has 0 unspecified atom stereocenters. The van der Waals surface area contributed by atoms with E-state index in [0.717, 1.165) is 0 Å². The van der Waals surface area contributed by atoms with E-state index in [4.69, 9.17) is 0 Å². The number of pyridine rings is 1. The first-order chi connectivity index (χ1) is 9.10. The molecular weight excluding hydrogens is 251 g/mol. The number of hydrogen-bond acceptors (Lipinski definition) is 5. The summed E-state index contributed by atoms with van der Waals surface area (Å²) < 4.78 is 17.6. The van der Waals surface area contributed by atoms with Crippen molar-refractivity contribution in [2.24, 2.45) is 0 Å². The van der Waals surface area contributed by atoms with Crippen LogP contribution in [0.5, 0.6) is 0 Å². The van der Waals surface area contributed by atoms with Gasteiger partial charge in [-0.2, -0.15) is 4.39 Å². The molecular formula is C12H11FN4O2. The molecule has 1 N–H and O–H groups in total. The molecule has 0 aliphatic rings. The highest BCUT2D eigenvalue weighted by atomic mass is 19.1. The van der Waals surface area contributed by atoms with Gasteiger partial charge in [-0.25, -0.2) is 19.7 Å². The van der Waals surface area contributed by atoms with Gasteiger partial charge in [-0.1, -0.05) is 0 Å². The number of amides is 1. The number of aromatic nitrogens is 3. The van der Waals surface area contributed by atoms with Crippen LogP contribution in [-0.4, -0.2) is 28.2 Å². The third-order valence-electron chi connectivity index (χ3n) is 2.39. The molecule has 2 aromatic heterocycles. The van der Waals surface area contributed by atoms with Crippen LogP contribution in [0.15, 0.2) is 24.7 Å². The Morgan fingerprint density at radius 1 is 1.32 bits per heavy atom. The molecule has 0 fully saturated rings. The van der Waals surface area contributed by atoms with Gasteiger partial charge in [0, 0.05) is 23.4 Å². The highest BCUT2D eigenvalue weighted by Crippen LogP contribution is 2.19. The van der Waals surface area contributed by atoms with Crippen LogP contribution in [0, 0.1) is 12.9 Å². The lowest BCUT2D eigenvalue weighted by Gasteiger charge is -2.05. The van der Waals surface area contributed by atoms with Crippen molar-refractivity contribution in [2.45, 2.75) is 6.92 Å². The van der Waals surface area contributed by atoms with Crippen LogP contribution in [0.25, 0.3) is 11.3 Å². The second kappa shape index (κ2) is 5.38. The number of rotatable bonds is 2. The van der Waals surface area contributed by atoms with Gasteiger partial charge in [0.25, 0.3) is 0 Å². The Bertz CT molecular complexity index is 618. The molecule has 0 aliphatic heterocycles. The van der Waals surface area contributed by atoms with E-state index in [-0.39, 0.29) is 0 Å². The largest absolute Gasteiger partial charge is 0.453 e. The van der Waals surface area contributed by atoms with E-state index in [1.54, 1.807) is 19.1 Å². The number of methoxy groups -OCH3 is 1. The molecule has 0 spiro atoms. The fraction of sp³-hybridized carbons (Fsp3) is 0.167. The molecule has 19 heavy (non-hydrogen) atoms. The summed E-state index contributed by atoms with van der Waals surface area (Å²) in [5.41, 5.74) is 1.57. The predicted octanol–water partition coefficient (Wildman–Crippen LogP) is 2.16. The number of nitrogens with zero attached hydrogens (tertiary/aromatic N) is 3. The fourth-order valence-corrected chi connectivity index (χ4v) is 1.44. The van der Waals surface area contributed by atoms with Crippen molar-refractivity contribution in [3.05, 3.63) is 36.2 Å². The molecule has 0 saturated heterocycles. The summed E-state index contributed by atoms with van der Waals surface area (Å²) in [4.78, 5) is 22.6. The van der Waals surface area contributed by atoms with Gasteiger partial charge in [0.1, 0.15) is 12.1 Å². The smallest absolute Gasteiger partial charge is 0.412 e. The summed E-state index contributed by atoms with van der Waals surface area (Å²) in [5.74, 6) is -0.232. The minimum atomic E-state index is -0.627. The van der Waals surface area contributed by atoms with Crippen molar-refractivity contribution in [2.75, 3.05) is 12.4 Å². The topological polar surface area (TPSA) is 77.0 Å². The highest BCUT2D eigenvalue weighted by molar-refractivity contribution is 5.83. The maximum atomic E-state index is 13.1. The van der Waals surface area contributed by atoms with E-state index in [2.05, 4.69) is 25.0 Å². The Kier molecular flexibility index (Phi) is 3.65. The summed E-state index contributed by atoms with van der Waals surface area (Å²) in [6.45, 7) is 1.61. The van der Waals surface area contributed by atoms with Crippen molar-refractivity contribution in [1.29, 1.82) is 0 Å². The van der Waals surface area contributed by atoms with Crippen LogP contribution < -0.4 is 5.32 Å². The first-order valence-electron chi connectivity index (χ1n) is 5.39. The number of hydrogen-bond donors (Lipinski definition) is 1. The molecule has 1 amide bonds. The van der Waals surface area contributed by atoms with Crippen LogP contribution in [0.4, 0.5) is 15.0 Å². The minimum Gasteiger partial charge on any atom is -0.453 e. The van der Waals surface area contributed by atoms with Gasteiger partial charge >= 0.3 is 6.09 Å². The van der Waals surface area contributed by atoms with Gasteiger partial charge in [0.05, 0.1) is 12.8 Å². The molecule has 98 valence electrons. The summed E-state index contributed by atoms with van der Waals surface area (Å²) >= 11 is 0. The minimum absolute atomic E-state index is 0.291. The number of aryl methyl sites for hydroxylation is 1. The number of nitrogens with one attached hydrogen (secondary N) is 1. The lowest BCUT2D eigenvalue weighted by molar-refractivity contribution is 0.187. The van der Waals surface area contributed by atoms with Gasteiger partial charge in [-0.05, 0) is 13.0 Å². The third-order valence-corrected chi connectivity index (χ3v) is 2.39. The number of carbonyl (C=O) groups excluding carboxylic acids is 1. The standard InChI is InChI=1S/C12H11FN4O2/c1-7-3-8(5-14-11(7)13)9-4-10(16-6-15-9)17-12(18)19-2/h3-6H,1-2H3,(H,15,16,17,18). The quantitative estimate of drug-likeness (QED) is 0.839. The Hall–Kier alpha value is -2.57. The van der Waals surface area contributed by atoms with Crippen molar-refractivity contribution in [3.63, 3.8) is 0 Å². The average molecular weight is 262 g/mol. The zero-order chi connectivity index (χ0) is 13.8. The second-order valence-electron chi connectivity index (χ2n) is 3.74. The molecule has 6 nitrogen and oxygen atoms in total. The van der Waals surface area contributed by atoms with Crippen LogP contribution in [0.3, 0.4) is 0 Å². The molecule has 2 aromatic rings. The average Bonchev–Trinajstić information content (AvgIpc) is 2.42. The van der Waals surface area contributed by atoms with E-state index < -0.39 is 12.0 Å². The second-order valence-corrected chi connectivity index (χ2v) is 3.74. The van der Waals surface area contributed by atoms with Gasteiger partial charge < -0.3 is 4.74 Å². The van der Waals surface area contributed by atoms with E-state index >= 15 is 0 Å². The molecule has 0 bridgehead atoms. The number of ether oxygens (including phenoxy) is 1. The van der Waals surface area contributed by atoms with E-state index in [1.165, 1.54) is 19.6 Å². The number of halogens is 1. The van der Waals surface area contributed by atoms with Crippen molar-refractivity contribution >= 4 is 11.9 Å². The summed E-state index contributed by atoms with van der Waals surface area (Å²) in [6, 6.07) is 3.16. The first-order valence-corrected chi connectivity index (χ1v) is 5.39. The molecule has 0 atom stereocenters. The van der Waals surface area contributed by atoms with Crippen LogP contribution in [-0.2, 0) is 4.74 Å². The number of carbonyl (C=O) groups is 1. The van der Waals surface area contributed by atoms with Crippen LogP contribution in [0.2, 0.25) is 0 Å². The van der Waals surface area contributed by atoms with Crippen LogP contribution >= 0.6 is 0 Å². The fourth-order valence-electron chi connectivity index (χ4n) is 1.44. The van der Waals surface area contributed by atoms with Crippen molar-refractivity contribution < 1.29 is 13.9 Å². The maximum absolute atomic E-state index is 13.1. The molecule has 0 saturated carbocycles. The van der Waals surface area contributed by atoms with Crippen LogP contribution in [0.1, 0.15) is 5.56 Å². The Morgan fingerprint density at radius 2 is 2.11 bits per heavy atom. The highest BCUT2D eigenvalue weighted by Gasteiger charge is 2.07. The summed E-state index contributed by atoms with van der Waals surface area (Å²) in [7, 11) is 1.25. The number of anilines is 1. The molecule has 0 aliphatic carbocycles. The Balaban J connectivity index is 2.32. The maximum Gasteiger partial charge on any atom is 0.412 e. The molecule has 0 radical (unpaired) electrons. The first kappa shape index (κ1) is 12.9. The lowest BCUT2D eigenvalue weighted by Crippen LogP contribution is -2.12. The molecule has 7 heteroatoms. The predicted molar refractivity (Wildman–Crippen MR) is 66.0 cm³/mol.